The molecule has 162 valence electrons. The van der Waals surface area contributed by atoms with Crippen LogP contribution in [-0.4, -0.2) is 33.9 Å². The zero-order valence-corrected chi connectivity index (χ0v) is 20.5. The standard InChI is InChI=1S/C25H27BrClN3O/c1-25(2,3)21-14-16(9-10-28-21)20-13-17(15-29-20)18-7-8-19(22(26)23(18)27)24(31)30-11-5-4-6-12-30/h7-10,13-15,29H,4-6,11-12H2,1-3H3. The summed E-state index contributed by atoms with van der Waals surface area (Å²) in [6, 6.07) is 10.0. The molecule has 3 aromatic rings. The van der Waals surface area contributed by atoms with Gasteiger partial charge < -0.3 is 9.88 Å². The molecule has 4 rings (SSSR count). The van der Waals surface area contributed by atoms with E-state index >= 15 is 0 Å². The first kappa shape index (κ1) is 22.1. The van der Waals surface area contributed by atoms with Crippen molar-refractivity contribution < 1.29 is 4.79 Å². The fraction of sp³-hybridized carbons (Fsp3) is 0.360. The number of aromatic amines is 1. The molecule has 2 aromatic heterocycles. The zero-order valence-electron chi connectivity index (χ0n) is 18.1. The van der Waals surface area contributed by atoms with Crippen molar-refractivity contribution in [2.45, 2.75) is 45.4 Å². The Balaban J connectivity index is 1.64. The summed E-state index contributed by atoms with van der Waals surface area (Å²) in [6.07, 6.45) is 7.11. The maximum atomic E-state index is 12.9. The molecule has 1 fully saturated rings. The van der Waals surface area contributed by atoms with Crippen molar-refractivity contribution in [3.63, 3.8) is 0 Å². The normalized spacial score (nSPS) is 14.7. The highest BCUT2D eigenvalue weighted by Crippen LogP contribution is 2.38. The molecule has 1 aliphatic rings. The summed E-state index contributed by atoms with van der Waals surface area (Å²) in [7, 11) is 0. The topological polar surface area (TPSA) is 49.0 Å². The van der Waals surface area contributed by atoms with Crippen molar-refractivity contribution in [1.29, 1.82) is 0 Å². The van der Waals surface area contributed by atoms with Gasteiger partial charge in [0.2, 0.25) is 0 Å². The Labute approximate surface area is 197 Å². The lowest BCUT2D eigenvalue weighted by molar-refractivity contribution is 0.0723. The summed E-state index contributed by atoms with van der Waals surface area (Å²) in [4.78, 5) is 22.7. The zero-order chi connectivity index (χ0) is 22.2. The predicted octanol–water partition coefficient (Wildman–Crippen LogP) is 7.08. The van der Waals surface area contributed by atoms with Gasteiger partial charge in [0, 0.05) is 63.4 Å². The molecule has 31 heavy (non-hydrogen) atoms. The van der Waals surface area contributed by atoms with Crippen molar-refractivity contribution in [2.24, 2.45) is 0 Å². The van der Waals surface area contributed by atoms with E-state index in [9.17, 15) is 4.79 Å². The third-order valence-electron chi connectivity index (χ3n) is 5.79. The fourth-order valence-corrected chi connectivity index (χ4v) is 4.72. The number of nitrogens with one attached hydrogen (secondary N) is 1. The summed E-state index contributed by atoms with van der Waals surface area (Å²) >= 11 is 10.3. The van der Waals surface area contributed by atoms with Crippen LogP contribution in [0, 0.1) is 0 Å². The number of benzene rings is 1. The lowest BCUT2D eigenvalue weighted by Crippen LogP contribution is -2.35. The second-order valence-electron chi connectivity index (χ2n) is 9.12. The van der Waals surface area contributed by atoms with E-state index in [0.717, 1.165) is 54.0 Å². The van der Waals surface area contributed by atoms with Crippen molar-refractivity contribution in [1.82, 2.24) is 14.9 Å². The molecule has 1 saturated heterocycles. The van der Waals surface area contributed by atoms with Crippen molar-refractivity contribution >= 4 is 33.4 Å². The van der Waals surface area contributed by atoms with Crippen LogP contribution in [0.25, 0.3) is 22.4 Å². The van der Waals surface area contributed by atoms with E-state index in [1.165, 1.54) is 6.42 Å². The SMILES string of the molecule is CC(C)(C)c1cc(-c2cc(-c3ccc(C(=O)N4CCCCC4)c(Br)c3Cl)c[nH]2)ccn1. The first-order valence-corrected chi connectivity index (χ1v) is 11.9. The van der Waals surface area contributed by atoms with E-state index in [-0.39, 0.29) is 11.3 Å². The minimum absolute atomic E-state index is 0.0175. The summed E-state index contributed by atoms with van der Waals surface area (Å²) in [5.74, 6) is 0.0428. The molecule has 0 spiro atoms. The highest BCUT2D eigenvalue weighted by atomic mass is 79.9. The van der Waals surface area contributed by atoms with E-state index in [1.54, 1.807) is 0 Å². The molecule has 4 nitrogen and oxygen atoms in total. The van der Waals surface area contributed by atoms with Gasteiger partial charge >= 0.3 is 0 Å². The number of pyridine rings is 1. The van der Waals surface area contributed by atoms with Crippen LogP contribution < -0.4 is 0 Å². The number of H-pyrrole nitrogens is 1. The van der Waals surface area contributed by atoms with Gasteiger partial charge in [-0.3, -0.25) is 9.78 Å². The smallest absolute Gasteiger partial charge is 0.255 e. The highest BCUT2D eigenvalue weighted by molar-refractivity contribution is 9.10. The first-order valence-electron chi connectivity index (χ1n) is 10.7. The van der Waals surface area contributed by atoms with Crippen molar-refractivity contribution in [3.05, 3.63) is 63.5 Å². The van der Waals surface area contributed by atoms with E-state index in [1.807, 2.05) is 35.5 Å². The number of hydrogen-bond acceptors (Lipinski definition) is 2. The third kappa shape index (κ3) is 4.58. The second kappa shape index (κ2) is 8.79. The lowest BCUT2D eigenvalue weighted by Gasteiger charge is -2.27. The molecule has 0 aliphatic carbocycles. The third-order valence-corrected chi connectivity index (χ3v) is 7.23. The van der Waals surface area contributed by atoms with Gasteiger partial charge in [-0.05, 0) is 59.5 Å². The first-order chi connectivity index (χ1) is 14.8. The molecule has 0 bridgehead atoms. The predicted molar refractivity (Wildman–Crippen MR) is 131 cm³/mol. The molecule has 1 N–H and O–H groups in total. The Bertz CT molecular complexity index is 1110. The average Bonchev–Trinajstić information content (AvgIpc) is 3.25. The van der Waals surface area contributed by atoms with Gasteiger partial charge in [0.25, 0.3) is 5.91 Å². The number of piperidine rings is 1. The van der Waals surface area contributed by atoms with Gasteiger partial charge in [-0.1, -0.05) is 38.4 Å². The molecular formula is C25H27BrClN3O. The van der Waals surface area contributed by atoms with Gasteiger partial charge in [-0.15, -0.1) is 0 Å². The van der Waals surface area contributed by atoms with Gasteiger partial charge in [0.1, 0.15) is 0 Å². The minimum atomic E-state index is -0.0175. The van der Waals surface area contributed by atoms with E-state index in [2.05, 4.69) is 58.8 Å². The molecule has 0 saturated carbocycles. The van der Waals surface area contributed by atoms with Crippen LogP contribution in [0.4, 0.5) is 0 Å². The molecule has 1 aliphatic heterocycles. The highest BCUT2D eigenvalue weighted by Gasteiger charge is 2.23. The maximum absolute atomic E-state index is 12.9. The van der Waals surface area contributed by atoms with Crippen LogP contribution >= 0.6 is 27.5 Å². The monoisotopic (exact) mass is 499 g/mol. The molecule has 6 heteroatoms. The Kier molecular flexibility index (Phi) is 6.27. The maximum Gasteiger partial charge on any atom is 0.255 e. The van der Waals surface area contributed by atoms with Crippen LogP contribution in [-0.2, 0) is 5.41 Å². The molecule has 0 radical (unpaired) electrons. The Morgan fingerprint density at radius 2 is 1.84 bits per heavy atom. The number of likely N-dealkylation sites (tertiary alicyclic amines) is 1. The van der Waals surface area contributed by atoms with Crippen molar-refractivity contribution in [3.8, 4) is 22.4 Å². The summed E-state index contributed by atoms with van der Waals surface area (Å²) in [5.41, 5.74) is 5.60. The summed E-state index contributed by atoms with van der Waals surface area (Å²) in [5, 5.41) is 0.554. The number of carbonyl (C=O) groups excluding carboxylic acids is 1. The van der Waals surface area contributed by atoms with Gasteiger partial charge in [-0.2, -0.15) is 0 Å². The number of aromatic nitrogens is 2. The molecule has 1 amide bonds. The quantitative estimate of drug-likeness (QED) is 0.417. The number of hydrogen-bond donors (Lipinski definition) is 1. The van der Waals surface area contributed by atoms with Gasteiger partial charge in [0.15, 0.2) is 0 Å². The van der Waals surface area contributed by atoms with Gasteiger partial charge in [-0.25, -0.2) is 0 Å². The second-order valence-corrected chi connectivity index (χ2v) is 10.3. The summed E-state index contributed by atoms with van der Waals surface area (Å²) < 4.78 is 0.656. The van der Waals surface area contributed by atoms with Crippen LogP contribution in [0.2, 0.25) is 5.02 Å². The average molecular weight is 501 g/mol. The van der Waals surface area contributed by atoms with Crippen LogP contribution in [0.1, 0.15) is 56.1 Å². The molecule has 3 heterocycles. The number of halogens is 2. The van der Waals surface area contributed by atoms with Gasteiger partial charge in [0.05, 0.1) is 10.6 Å². The van der Waals surface area contributed by atoms with E-state index in [0.29, 0.717) is 15.1 Å². The van der Waals surface area contributed by atoms with Crippen LogP contribution in [0.15, 0.2) is 47.2 Å². The lowest BCUT2D eigenvalue weighted by atomic mass is 9.90. The molecule has 0 unspecified atom stereocenters. The number of rotatable bonds is 3. The van der Waals surface area contributed by atoms with Crippen LogP contribution in [0.5, 0.6) is 0 Å². The van der Waals surface area contributed by atoms with E-state index < -0.39 is 0 Å². The minimum Gasteiger partial charge on any atom is -0.361 e. The molecule has 0 atom stereocenters. The molecule has 1 aromatic carbocycles. The molecular weight excluding hydrogens is 474 g/mol. The summed E-state index contributed by atoms with van der Waals surface area (Å²) in [6.45, 7) is 8.10. The number of amides is 1. The number of nitrogens with zero attached hydrogens (tertiary/aromatic N) is 2. The fourth-order valence-electron chi connectivity index (χ4n) is 3.93. The Morgan fingerprint density at radius 3 is 2.55 bits per heavy atom. The Morgan fingerprint density at radius 1 is 1.10 bits per heavy atom. The largest absolute Gasteiger partial charge is 0.361 e. The Hall–Kier alpha value is -2.11. The van der Waals surface area contributed by atoms with Crippen LogP contribution in [0.3, 0.4) is 0 Å². The number of carbonyl (C=O) groups is 1. The van der Waals surface area contributed by atoms with E-state index in [4.69, 9.17) is 11.6 Å². The van der Waals surface area contributed by atoms with Crippen molar-refractivity contribution in [2.75, 3.05) is 13.1 Å².